The highest BCUT2D eigenvalue weighted by Crippen LogP contribution is 2.38. The van der Waals surface area contributed by atoms with Gasteiger partial charge in [-0.2, -0.15) is 0 Å². The average molecular weight is 306 g/mol. The molecule has 0 saturated heterocycles. The largest absolute Gasteiger partial charge is 0.496 e. The minimum atomic E-state index is 0.0299. The zero-order valence-corrected chi connectivity index (χ0v) is 13.8. The molecule has 0 amide bonds. The number of benzene rings is 1. The number of nitrogens with zero attached hydrogens (tertiary/aromatic N) is 1. The van der Waals surface area contributed by atoms with E-state index in [1.165, 1.54) is 4.88 Å². The van der Waals surface area contributed by atoms with E-state index >= 15 is 0 Å². The average Bonchev–Trinajstić information content (AvgIpc) is 2.94. The van der Waals surface area contributed by atoms with Crippen LogP contribution < -0.4 is 14.8 Å². The van der Waals surface area contributed by atoms with Crippen LogP contribution in [0.15, 0.2) is 24.4 Å². The van der Waals surface area contributed by atoms with Gasteiger partial charge in [-0.3, -0.25) is 0 Å². The SMILES string of the molecule is CCCNC(c1cnc(C)s1)c1c(OC)cccc1OC. The Bertz CT molecular complexity index is 561. The van der Waals surface area contributed by atoms with Crippen LogP contribution in [0.25, 0.3) is 0 Å². The Kier molecular flexibility index (Phi) is 5.59. The summed E-state index contributed by atoms with van der Waals surface area (Å²) in [6.45, 7) is 5.09. The lowest BCUT2D eigenvalue weighted by molar-refractivity contribution is 0.377. The van der Waals surface area contributed by atoms with E-state index in [-0.39, 0.29) is 6.04 Å². The van der Waals surface area contributed by atoms with Crippen molar-refractivity contribution in [2.45, 2.75) is 26.3 Å². The highest BCUT2D eigenvalue weighted by Gasteiger charge is 2.23. The van der Waals surface area contributed by atoms with Crippen molar-refractivity contribution in [3.63, 3.8) is 0 Å². The third-order valence-electron chi connectivity index (χ3n) is 3.28. The summed E-state index contributed by atoms with van der Waals surface area (Å²) in [7, 11) is 3.38. The number of aryl methyl sites for hydroxylation is 1. The van der Waals surface area contributed by atoms with E-state index in [2.05, 4.69) is 17.2 Å². The molecule has 1 aromatic heterocycles. The van der Waals surface area contributed by atoms with Crippen molar-refractivity contribution in [3.8, 4) is 11.5 Å². The Morgan fingerprint density at radius 1 is 1.24 bits per heavy atom. The number of nitrogens with one attached hydrogen (secondary N) is 1. The number of ether oxygens (including phenoxy) is 2. The van der Waals surface area contributed by atoms with Gasteiger partial charge in [-0.25, -0.2) is 4.98 Å². The maximum atomic E-state index is 5.54. The summed E-state index contributed by atoms with van der Waals surface area (Å²) in [6, 6.07) is 5.90. The zero-order chi connectivity index (χ0) is 15.2. The molecule has 1 aromatic carbocycles. The van der Waals surface area contributed by atoms with Gasteiger partial charge in [0.05, 0.1) is 30.8 Å². The van der Waals surface area contributed by atoms with Gasteiger partial charge in [0, 0.05) is 11.1 Å². The van der Waals surface area contributed by atoms with E-state index in [1.807, 2.05) is 31.3 Å². The predicted octanol–water partition coefficient (Wildman–Crippen LogP) is 3.56. The molecule has 0 radical (unpaired) electrons. The summed E-state index contributed by atoms with van der Waals surface area (Å²) in [5, 5.41) is 4.63. The Hall–Kier alpha value is -1.59. The lowest BCUT2D eigenvalue weighted by Gasteiger charge is -2.22. The van der Waals surface area contributed by atoms with Gasteiger partial charge >= 0.3 is 0 Å². The first-order chi connectivity index (χ1) is 10.2. The highest BCUT2D eigenvalue weighted by molar-refractivity contribution is 7.11. The van der Waals surface area contributed by atoms with Crippen molar-refractivity contribution in [1.82, 2.24) is 10.3 Å². The van der Waals surface area contributed by atoms with Gasteiger partial charge in [0.15, 0.2) is 0 Å². The molecular weight excluding hydrogens is 284 g/mol. The topological polar surface area (TPSA) is 43.4 Å². The van der Waals surface area contributed by atoms with Gasteiger partial charge in [-0.15, -0.1) is 11.3 Å². The number of methoxy groups -OCH3 is 2. The van der Waals surface area contributed by atoms with Gasteiger partial charge in [-0.05, 0) is 32.0 Å². The molecule has 0 bridgehead atoms. The first-order valence-corrected chi connectivity index (χ1v) is 7.89. The van der Waals surface area contributed by atoms with E-state index in [4.69, 9.17) is 9.47 Å². The van der Waals surface area contributed by atoms with Gasteiger partial charge in [0.2, 0.25) is 0 Å². The minimum Gasteiger partial charge on any atom is -0.496 e. The maximum absolute atomic E-state index is 5.54. The number of thiazole rings is 1. The molecule has 1 unspecified atom stereocenters. The smallest absolute Gasteiger partial charge is 0.127 e. The molecule has 5 heteroatoms. The van der Waals surface area contributed by atoms with Crippen LogP contribution in [0, 0.1) is 6.92 Å². The molecule has 4 nitrogen and oxygen atoms in total. The van der Waals surface area contributed by atoms with Crippen LogP contribution in [-0.4, -0.2) is 25.7 Å². The van der Waals surface area contributed by atoms with Gasteiger partial charge < -0.3 is 14.8 Å². The first-order valence-electron chi connectivity index (χ1n) is 7.07. The van der Waals surface area contributed by atoms with E-state index in [9.17, 15) is 0 Å². The molecule has 114 valence electrons. The maximum Gasteiger partial charge on any atom is 0.127 e. The number of hydrogen-bond acceptors (Lipinski definition) is 5. The molecule has 0 spiro atoms. The van der Waals surface area contributed by atoms with Gasteiger partial charge in [-0.1, -0.05) is 13.0 Å². The van der Waals surface area contributed by atoms with Crippen LogP contribution in [0.4, 0.5) is 0 Å². The number of aromatic nitrogens is 1. The molecule has 0 saturated carbocycles. The van der Waals surface area contributed by atoms with Crippen LogP contribution in [0.3, 0.4) is 0 Å². The zero-order valence-electron chi connectivity index (χ0n) is 13.0. The quantitative estimate of drug-likeness (QED) is 0.849. The third kappa shape index (κ3) is 3.54. The first kappa shape index (κ1) is 15.8. The van der Waals surface area contributed by atoms with E-state index in [1.54, 1.807) is 25.6 Å². The molecule has 0 aliphatic rings. The summed E-state index contributed by atoms with van der Waals surface area (Å²) in [6.07, 6.45) is 2.99. The Morgan fingerprint density at radius 3 is 2.38 bits per heavy atom. The molecule has 21 heavy (non-hydrogen) atoms. The minimum absolute atomic E-state index is 0.0299. The predicted molar refractivity (Wildman–Crippen MR) is 86.5 cm³/mol. The molecule has 1 N–H and O–H groups in total. The van der Waals surface area contributed by atoms with Crippen LogP contribution in [0.1, 0.15) is 34.8 Å². The molecule has 1 atom stereocenters. The van der Waals surface area contributed by atoms with Crippen LogP contribution >= 0.6 is 11.3 Å². The van der Waals surface area contributed by atoms with Crippen molar-refractivity contribution in [2.75, 3.05) is 20.8 Å². The standard InChI is InChI=1S/C16H22N2O2S/c1-5-9-17-16(14-10-18-11(2)21-14)15-12(19-3)7-6-8-13(15)20-4/h6-8,10,16-17H,5,9H2,1-4H3. The second kappa shape index (κ2) is 7.43. The van der Waals surface area contributed by atoms with Gasteiger partial charge in [0.25, 0.3) is 0 Å². The monoisotopic (exact) mass is 306 g/mol. The molecule has 2 aromatic rings. The normalized spacial score (nSPS) is 12.2. The fraction of sp³-hybridized carbons (Fsp3) is 0.438. The van der Waals surface area contributed by atoms with Crippen molar-refractivity contribution in [1.29, 1.82) is 0 Å². The van der Waals surface area contributed by atoms with Crippen molar-refractivity contribution >= 4 is 11.3 Å². The summed E-state index contributed by atoms with van der Waals surface area (Å²) >= 11 is 1.69. The Morgan fingerprint density at radius 2 is 1.90 bits per heavy atom. The van der Waals surface area contributed by atoms with Crippen molar-refractivity contribution in [3.05, 3.63) is 39.8 Å². The summed E-state index contributed by atoms with van der Waals surface area (Å²) in [5.41, 5.74) is 1.03. The number of hydrogen-bond donors (Lipinski definition) is 1. The third-order valence-corrected chi connectivity index (χ3v) is 4.25. The highest BCUT2D eigenvalue weighted by atomic mass is 32.1. The summed E-state index contributed by atoms with van der Waals surface area (Å²) in [5.74, 6) is 1.66. The van der Waals surface area contributed by atoms with E-state index in [0.717, 1.165) is 35.0 Å². The summed E-state index contributed by atoms with van der Waals surface area (Å²) < 4.78 is 11.1. The molecule has 1 heterocycles. The van der Waals surface area contributed by atoms with Crippen molar-refractivity contribution < 1.29 is 9.47 Å². The molecule has 2 rings (SSSR count). The molecular formula is C16H22N2O2S. The van der Waals surface area contributed by atoms with Crippen LogP contribution in [0.5, 0.6) is 11.5 Å². The van der Waals surface area contributed by atoms with Gasteiger partial charge in [0.1, 0.15) is 11.5 Å². The molecule has 0 fully saturated rings. The van der Waals surface area contributed by atoms with E-state index in [0.29, 0.717) is 0 Å². The fourth-order valence-electron chi connectivity index (χ4n) is 2.31. The molecule has 0 aliphatic carbocycles. The fourth-order valence-corrected chi connectivity index (χ4v) is 3.18. The Labute approximate surface area is 130 Å². The Balaban J connectivity index is 2.50. The lowest BCUT2D eigenvalue weighted by Crippen LogP contribution is -2.23. The second-order valence-corrected chi connectivity index (χ2v) is 6.01. The van der Waals surface area contributed by atoms with Crippen molar-refractivity contribution in [2.24, 2.45) is 0 Å². The van der Waals surface area contributed by atoms with Crippen LogP contribution in [-0.2, 0) is 0 Å². The van der Waals surface area contributed by atoms with E-state index < -0.39 is 0 Å². The lowest BCUT2D eigenvalue weighted by atomic mass is 10.0. The van der Waals surface area contributed by atoms with Crippen LogP contribution in [0.2, 0.25) is 0 Å². The molecule has 0 aliphatic heterocycles. The second-order valence-electron chi connectivity index (χ2n) is 4.74. The summed E-state index contributed by atoms with van der Waals surface area (Å²) in [4.78, 5) is 5.55. The number of rotatable bonds is 7.